The van der Waals surface area contributed by atoms with Crippen molar-refractivity contribution in [1.29, 1.82) is 0 Å². The topological polar surface area (TPSA) is 129 Å². The average molecular weight is 382 g/mol. The van der Waals surface area contributed by atoms with Crippen molar-refractivity contribution in [2.24, 2.45) is 0 Å². The zero-order valence-corrected chi connectivity index (χ0v) is 16.2. The lowest BCUT2D eigenvalue weighted by Gasteiger charge is -2.16. The molecule has 1 aliphatic heterocycles. The van der Waals surface area contributed by atoms with Crippen LogP contribution >= 0.6 is 0 Å². The van der Waals surface area contributed by atoms with Crippen molar-refractivity contribution in [3.05, 3.63) is 51.3 Å². The Bertz CT molecular complexity index is 979. The number of nitrogens with zero attached hydrogens (tertiary/aromatic N) is 3. The van der Waals surface area contributed by atoms with E-state index in [0.717, 1.165) is 29.5 Å². The summed E-state index contributed by atoms with van der Waals surface area (Å²) < 4.78 is 1.42. The number of nitrogens with one attached hydrogen (secondary N) is 1. The van der Waals surface area contributed by atoms with Gasteiger partial charge in [-0.1, -0.05) is 25.0 Å². The summed E-state index contributed by atoms with van der Waals surface area (Å²) in [4.78, 5) is 33.4. The molecule has 0 bridgehead atoms. The van der Waals surface area contributed by atoms with Crippen molar-refractivity contribution >= 4 is 23.5 Å². The number of carbonyl (C=O) groups excluding carboxylic acids is 1. The second kappa shape index (κ2) is 8.24. The molecule has 3 heterocycles. The monoisotopic (exact) mass is 382 g/mol. The van der Waals surface area contributed by atoms with Crippen molar-refractivity contribution in [2.45, 2.75) is 45.6 Å². The number of carbonyl (C=O) groups is 1. The zero-order valence-electron chi connectivity index (χ0n) is 16.2. The largest absolute Gasteiger partial charge is 0.393 e. The summed E-state index contributed by atoms with van der Waals surface area (Å²) in [5, 5.41) is 2.97. The number of amides is 1. The molecule has 0 saturated heterocycles. The van der Waals surface area contributed by atoms with Gasteiger partial charge < -0.3 is 16.8 Å². The van der Waals surface area contributed by atoms with Crippen LogP contribution in [-0.2, 0) is 11.2 Å². The summed E-state index contributed by atoms with van der Waals surface area (Å²) in [6.07, 6.45) is 8.07. The number of anilines is 2. The Labute approximate surface area is 163 Å². The van der Waals surface area contributed by atoms with Gasteiger partial charge in [-0.25, -0.2) is 9.97 Å². The Kier molecular flexibility index (Phi) is 5.77. The predicted molar refractivity (Wildman–Crippen MR) is 110 cm³/mol. The van der Waals surface area contributed by atoms with Crippen molar-refractivity contribution in [3.8, 4) is 0 Å². The summed E-state index contributed by atoms with van der Waals surface area (Å²) in [6, 6.07) is 1.26. The maximum atomic E-state index is 12.7. The molecule has 0 fully saturated rings. The minimum Gasteiger partial charge on any atom is -0.393 e. The van der Waals surface area contributed by atoms with Crippen LogP contribution in [0.3, 0.4) is 0 Å². The van der Waals surface area contributed by atoms with Crippen molar-refractivity contribution in [1.82, 2.24) is 19.9 Å². The van der Waals surface area contributed by atoms with E-state index in [1.54, 1.807) is 6.20 Å². The molecule has 0 aliphatic carbocycles. The Balaban J connectivity index is 1.75. The summed E-state index contributed by atoms with van der Waals surface area (Å²) in [5.74, 6) is 0.896. The van der Waals surface area contributed by atoms with Gasteiger partial charge >= 0.3 is 0 Å². The predicted octanol–water partition coefficient (Wildman–Crippen LogP) is 1.60. The lowest BCUT2D eigenvalue weighted by molar-refractivity contribution is -0.124. The summed E-state index contributed by atoms with van der Waals surface area (Å²) in [7, 11) is 0. The van der Waals surface area contributed by atoms with Crippen LogP contribution in [0.5, 0.6) is 0 Å². The Morgan fingerprint density at radius 1 is 1.36 bits per heavy atom. The van der Waals surface area contributed by atoms with Gasteiger partial charge in [0.05, 0.1) is 6.20 Å². The number of pyridine rings is 1. The molecule has 0 radical (unpaired) electrons. The van der Waals surface area contributed by atoms with Crippen LogP contribution in [0.25, 0.3) is 6.08 Å². The van der Waals surface area contributed by atoms with Gasteiger partial charge in [-0.05, 0) is 37.0 Å². The van der Waals surface area contributed by atoms with E-state index in [4.69, 9.17) is 11.5 Å². The molecular formula is C20H26N6O2. The highest BCUT2D eigenvalue weighted by atomic mass is 16.2. The number of aryl methyl sites for hydroxylation is 2. The molecule has 0 aromatic carbocycles. The first-order chi connectivity index (χ1) is 13.4. The van der Waals surface area contributed by atoms with Crippen LogP contribution in [0.4, 0.5) is 11.5 Å². The number of nitrogens with two attached hydrogens (primary N) is 2. The Morgan fingerprint density at radius 3 is 2.86 bits per heavy atom. The fourth-order valence-electron chi connectivity index (χ4n) is 3.48. The van der Waals surface area contributed by atoms with Gasteiger partial charge in [0.2, 0.25) is 5.91 Å². The molecule has 2 aromatic rings. The maximum Gasteiger partial charge on any atom is 0.277 e. The number of rotatable bonds is 6. The molecule has 148 valence electrons. The molecule has 0 saturated carbocycles. The molecule has 28 heavy (non-hydrogen) atoms. The minimum absolute atomic E-state index is 0.0568. The lowest BCUT2D eigenvalue weighted by atomic mass is 10.0. The highest BCUT2D eigenvalue weighted by Crippen LogP contribution is 2.23. The first-order valence-corrected chi connectivity index (χ1v) is 9.45. The molecule has 3 rings (SSSR count). The number of hydrogen-bond donors (Lipinski definition) is 3. The van der Waals surface area contributed by atoms with Crippen LogP contribution in [-0.4, -0.2) is 27.0 Å². The highest BCUT2D eigenvalue weighted by molar-refractivity contribution is 5.81. The molecule has 0 spiro atoms. The third-order valence-corrected chi connectivity index (χ3v) is 4.95. The third-order valence-electron chi connectivity index (χ3n) is 4.95. The number of fused-ring (bicyclic) bond motifs is 1. The number of hydrogen-bond acceptors (Lipinski definition) is 6. The van der Waals surface area contributed by atoms with Crippen LogP contribution in [0.15, 0.2) is 28.8 Å². The summed E-state index contributed by atoms with van der Waals surface area (Å²) in [6.45, 7) is 4.48. The van der Waals surface area contributed by atoms with Crippen LogP contribution in [0.1, 0.15) is 49.2 Å². The molecule has 1 amide bonds. The minimum atomic E-state index is -0.568. The van der Waals surface area contributed by atoms with E-state index in [1.165, 1.54) is 10.8 Å². The van der Waals surface area contributed by atoms with Gasteiger partial charge in [-0.3, -0.25) is 14.2 Å². The average Bonchev–Trinajstić information content (AvgIpc) is 3.09. The van der Waals surface area contributed by atoms with Gasteiger partial charge in [0.15, 0.2) is 0 Å². The van der Waals surface area contributed by atoms with E-state index in [-0.39, 0.29) is 17.2 Å². The quantitative estimate of drug-likeness (QED) is 0.696. The second-order valence-electron chi connectivity index (χ2n) is 7.10. The molecule has 1 unspecified atom stereocenters. The number of nitrogen functional groups attached to an aromatic ring is 2. The summed E-state index contributed by atoms with van der Waals surface area (Å²) in [5.41, 5.74) is 14.2. The lowest BCUT2D eigenvalue weighted by Crippen LogP contribution is -2.37. The third kappa shape index (κ3) is 4.05. The molecule has 1 atom stereocenters. The zero-order chi connectivity index (χ0) is 20.3. The Hall–Kier alpha value is -3.16. The van der Waals surface area contributed by atoms with E-state index in [9.17, 15) is 9.59 Å². The van der Waals surface area contributed by atoms with Gasteiger partial charge in [-0.2, -0.15) is 0 Å². The standard InChI is InChI=1S/C20H26N6O2/c1-3-4-13(8-14-10-23-17(22)7-12(14)2)9-25-19(27)16-5-6-18-24-11-15(21)20(28)26(16)18/h7-8,10-11,16H,3-6,9,21H2,1-2H3,(H2,22,23)(H,25,27)/b13-8+. The fraction of sp³-hybridized carbons (Fsp3) is 0.400. The van der Waals surface area contributed by atoms with Gasteiger partial charge in [-0.15, -0.1) is 0 Å². The molecule has 5 N–H and O–H groups in total. The highest BCUT2D eigenvalue weighted by Gasteiger charge is 2.30. The van der Waals surface area contributed by atoms with Crippen molar-refractivity contribution in [2.75, 3.05) is 18.0 Å². The van der Waals surface area contributed by atoms with Crippen LogP contribution < -0.4 is 22.3 Å². The van der Waals surface area contributed by atoms with E-state index in [1.807, 2.05) is 19.1 Å². The first kappa shape index (κ1) is 19.6. The maximum absolute atomic E-state index is 12.7. The molecule has 8 nitrogen and oxygen atoms in total. The van der Waals surface area contributed by atoms with E-state index in [0.29, 0.717) is 31.0 Å². The summed E-state index contributed by atoms with van der Waals surface area (Å²) >= 11 is 0. The molecule has 2 aromatic heterocycles. The van der Waals surface area contributed by atoms with Gasteiger partial charge in [0.25, 0.3) is 5.56 Å². The van der Waals surface area contributed by atoms with Crippen molar-refractivity contribution < 1.29 is 4.79 Å². The van der Waals surface area contributed by atoms with Gasteiger partial charge in [0.1, 0.15) is 23.4 Å². The molecular weight excluding hydrogens is 356 g/mol. The van der Waals surface area contributed by atoms with E-state index >= 15 is 0 Å². The van der Waals surface area contributed by atoms with Crippen LogP contribution in [0, 0.1) is 6.92 Å². The van der Waals surface area contributed by atoms with Crippen LogP contribution in [0.2, 0.25) is 0 Å². The normalized spacial score (nSPS) is 16.1. The number of aromatic nitrogens is 3. The Morgan fingerprint density at radius 2 is 2.14 bits per heavy atom. The first-order valence-electron chi connectivity index (χ1n) is 9.45. The molecule has 1 aliphatic rings. The smallest absolute Gasteiger partial charge is 0.277 e. The van der Waals surface area contributed by atoms with Gasteiger partial charge in [0, 0.05) is 19.2 Å². The van der Waals surface area contributed by atoms with E-state index < -0.39 is 6.04 Å². The SMILES string of the molecule is CCC/C(=C\c1cnc(N)cc1C)CNC(=O)C1CCc2ncc(N)c(=O)n21. The molecule has 8 heteroatoms. The van der Waals surface area contributed by atoms with E-state index in [2.05, 4.69) is 22.2 Å². The fourth-order valence-corrected chi connectivity index (χ4v) is 3.48. The second-order valence-corrected chi connectivity index (χ2v) is 7.10. The van der Waals surface area contributed by atoms with Crippen molar-refractivity contribution in [3.63, 3.8) is 0 Å².